The average Bonchev–Trinajstić information content (AvgIpc) is 3.77. The van der Waals surface area contributed by atoms with Crippen molar-refractivity contribution < 1.29 is 29.0 Å². The Hall–Kier alpha value is -2.47. The third-order valence-corrected chi connectivity index (χ3v) is 12.8. The highest BCUT2D eigenvalue weighted by Crippen LogP contribution is 2.82. The maximum Gasteiger partial charge on any atom is 0.334 e. The summed E-state index contributed by atoms with van der Waals surface area (Å²) in [5, 5.41) is 11.6. The van der Waals surface area contributed by atoms with Gasteiger partial charge in [0.05, 0.1) is 13.0 Å². The predicted molar refractivity (Wildman–Crippen MR) is 133 cm³/mol. The Morgan fingerprint density at radius 2 is 1.84 bits per heavy atom. The third kappa shape index (κ3) is 2.08. The number of esters is 2. The fourth-order valence-corrected chi connectivity index (χ4v) is 11.0. The van der Waals surface area contributed by atoms with E-state index < -0.39 is 34.8 Å². The fraction of sp³-hybridized carbons (Fsp3) is 0.645. The van der Waals surface area contributed by atoms with Gasteiger partial charge < -0.3 is 14.6 Å². The molecule has 0 saturated heterocycles. The van der Waals surface area contributed by atoms with Crippen LogP contribution in [0.3, 0.4) is 0 Å². The van der Waals surface area contributed by atoms with Gasteiger partial charge in [0.1, 0.15) is 11.7 Å². The summed E-state index contributed by atoms with van der Waals surface area (Å²) in [5.41, 5.74) is 4.08. The molecule has 6 nitrogen and oxygen atoms in total. The highest BCUT2D eigenvalue weighted by Gasteiger charge is 2.80. The van der Waals surface area contributed by atoms with Crippen molar-refractivity contribution in [2.45, 2.75) is 65.1 Å². The number of ether oxygens (including phenoxy) is 2. The molecule has 5 fully saturated rings. The number of ketones is 1. The van der Waals surface area contributed by atoms with Crippen LogP contribution in [0.25, 0.3) is 0 Å². The topological polar surface area (TPSA) is 89.9 Å². The molecule has 0 bridgehead atoms. The summed E-state index contributed by atoms with van der Waals surface area (Å²) in [6, 6.07) is 0. The molecular formula is C31H34O6. The van der Waals surface area contributed by atoms with Gasteiger partial charge in [0.2, 0.25) is 0 Å². The minimum absolute atomic E-state index is 0.000222. The first-order chi connectivity index (χ1) is 17.4. The number of methoxy groups -OCH3 is 1. The quantitative estimate of drug-likeness (QED) is 0.333. The molecule has 1 aliphatic heterocycles. The summed E-state index contributed by atoms with van der Waals surface area (Å²) >= 11 is 0. The minimum Gasteiger partial charge on any atom is -0.466 e. The zero-order valence-electron chi connectivity index (χ0n) is 22.1. The third-order valence-electron chi connectivity index (χ3n) is 12.8. The van der Waals surface area contributed by atoms with Crippen molar-refractivity contribution >= 4 is 17.7 Å². The number of Topliss-reactive ketones (excluding diaryl/α,β-unsaturated/α-hetero) is 1. The van der Waals surface area contributed by atoms with E-state index in [2.05, 4.69) is 13.5 Å². The number of aliphatic hydroxyl groups is 1. The predicted octanol–water partition coefficient (Wildman–Crippen LogP) is 3.85. The van der Waals surface area contributed by atoms with E-state index in [0.29, 0.717) is 35.3 Å². The molecule has 6 heteroatoms. The Morgan fingerprint density at radius 3 is 2.54 bits per heavy atom. The normalized spacial score (nSPS) is 53.1. The maximum absolute atomic E-state index is 14.1. The van der Waals surface area contributed by atoms with Crippen molar-refractivity contribution in [1.29, 1.82) is 0 Å². The summed E-state index contributed by atoms with van der Waals surface area (Å²) < 4.78 is 11.7. The highest BCUT2D eigenvalue weighted by atomic mass is 16.6. The van der Waals surface area contributed by atoms with E-state index in [1.54, 1.807) is 6.92 Å². The van der Waals surface area contributed by atoms with Crippen LogP contribution >= 0.6 is 0 Å². The number of allylic oxidation sites excluding steroid dienone is 2. The van der Waals surface area contributed by atoms with E-state index in [1.165, 1.54) is 18.3 Å². The molecule has 8 aliphatic rings. The number of carbonyl (C=O) groups excluding carboxylic acids is 3. The largest absolute Gasteiger partial charge is 0.466 e. The Balaban J connectivity index is 1.47. The van der Waals surface area contributed by atoms with Gasteiger partial charge >= 0.3 is 11.9 Å². The molecule has 1 spiro atoms. The number of hydrogen-bond acceptors (Lipinski definition) is 6. The van der Waals surface area contributed by atoms with Gasteiger partial charge in [-0.25, -0.2) is 9.59 Å². The zero-order chi connectivity index (χ0) is 26.1. The van der Waals surface area contributed by atoms with Crippen LogP contribution in [-0.2, 0) is 23.9 Å². The van der Waals surface area contributed by atoms with Crippen molar-refractivity contribution in [1.82, 2.24) is 0 Å². The molecule has 5 saturated carbocycles. The van der Waals surface area contributed by atoms with Crippen LogP contribution in [0.4, 0.5) is 0 Å². The van der Waals surface area contributed by atoms with Gasteiger partial charge in [0, 0.05) is 28.1 Å². The number of rotatable bonds is 1. The van der Waals surface area contributed by atoms with Crippen molar-refractivity contribution in [3.63, 3.8) is 0 Å². The molecule has 0 amide bonds. The molecule has 0 radical (unpaired) electrons. The second-order valence-electron chi connectivity index (χ2n) is 13.6. The van der Waals surface area contributed by atoms with E-state index in [-0.39, 0.29) is 34.7 Å². The number of aliphatic hydroxyl groups excluding tert-OH is 1. The van der Waals surface area contributed by atoms with Gasteiger partial charge in [0.25, 0.3) is 0 Å². The van der Waals surface area contributed by atoms with Crippen molar-refractivity contribution in [2.75, 3.05) is 7.11 Å². The van der Waals surface area contributed by atoms with Gasteiger partial charge in [-0.15, -0.1) is 0 Å². The lowest BCUT2D eigenvalue weighted by Gasteiger charge is -2.62. The lowest BCUT2D eigenvalue weighted by atomic mass is 9.42. The second-order valence-corrected chi connectivity index (χ2v) is 13.6. The van der Waals surface area contributed by atoms with Gasteiger partial charge in [-0.2, -0.15) is 0 Å². The molecule has 0 aromatic rings. The molecule has 0 aromatic heterocycles. The highest BCUT2D eigenvalue weighted by molar-refractivity contribution is 6.09. The van der Waals surface area contributed by atoms with Gasteiger partial charge in [-0.05, 0) is 85.7 Å². The summed E-state index contributed by atoms with van der Waals surface area (Å²) in [6.07, 6.45) is 2.43. The van der Waals surface area contributed by atoms with Gasteiger partial charge in [-0.3, -0.25) is 4.79 Å². The van der Waals surface area contributed by atoms with E-state index in [1.807, 2.05) is 13.8 Å². The lowest BCUT2D eigenvalue weighted by Crippen LogP contribution is -2.65. The summed E-state index contributed by atoms with van der Waals surface area (Å²) in [6.45, 7) is 12.4. The molecule has 8 rings (SSSR count). The van der Waals surface area contributed by atoms with Crippen molar-refractivity contribution in [2.24, 2.45) is 52.3 Å². The van der Waals surface area contributed by atoms with Crippen LogP contribution in [0.1, 0.15) is 53.4 Å². The SMILES string of the molecule is C=C1[C@H]2C[C@H]2[C@]2(C)[C@H]1CC1=C(C)C(=O)O[C@@]13[C@H]1C(=C(C)C(=O)OC)C(=O)[C@H](O)[C@]4(C)C1=C(C[C@@H]32)[C@H]1C[C@H]14. The number of hydrogen-bond donors (Lipinski definition) is 1. The molecule has 37 heavy (non-hydrogen) atoms. The van der Waals surface area contributed by atoms with E-state index in [4.69, 9.17) is 9.47 Å². The van der Waals surface area contributed by atoms with Crippen LogP contribution in [0, 0.1) is 52.3 Å². The Bertz CT molecular complexity index is 1390. The molecule has 11 atom stereocenters. The molecular weight excluding hydrogens is 468 g/mol. The van der Waals surface area contributed by atoms with Crippen LogP contribution in [0.15, 0.2) is 45.6 Å². The van der Waals surface area contributed by atoms with Gasteiger partial charge in [-0.1, -0.05) is 31.6 Å². The van der Waals surface area contributed by atoms with Crippen molar-refractivity contribution in [3.05, 3.63) is 45.6 Å². The van der Waals surface area contributed by atoms with E-state index >= 15 is 0 Å². The van der Waals surface area contributed by atoms with Crippen LogP contribution in [-0.4, -0.2) is 41.6 Å². The summed E-state index contributed by atoms with van der Waals surface area (Å²) in [4.78, 5) is 40.5. The molecule has 0 aromatic carbocycles. The molecule has 1 heterocycles. The second kappa shape index (κ2) is 6.22. The monoisotopic (exact) mass is 502 g/mol. The molecule has 7 aliphatic carbocycles. The molecule has 194 valence electrons. The fourth-order valence-electron chi connectivity index (χ4n) is 11.0. The summed E-state index contributed by atoms with van der Waals surface area (Å²) in [7, 11) is 1.31. The van der Waals surface area contributed by atoms with Crippen LogP contribution < -0.4 is 0 Å². The average molecular weight is 503 g/mol. The van der Waals surface area contributed by atoms with E-state index in [0.717, 1.165) is 30.4 Å². The van der Waals surface area contributed by atoms with Crippen molar-refractivity contribution in [3.8, 4) is 0 Å². The standard InChI is InChI=1S/C31H34O6/c1-11-14-7-19(14)29(4)17(11)10-18-12(2)28(35)37-31(18)21(29)9-16-15-8-20(15)30(5)23(16)24(31)22(25(32)26(30)33)13(3)27(34)36-6/h14-15,17,19-21,24,26,33H,1,7-10H2,2-6H3/t14-,15-,17+,19-,20-,21-,24+,26+,29+,30+,31+/m1/s1. The Morgan fingerprint density at radius 1 is 1.14 bits per heavy atom. The smallest absolute Gasteiger partial charge is 0.334 e. The first-order valence-electron chi connectivity index (χ1n) is 13.8. The number of carbonyl (C=O) groups is 3. The maximum atomic E-state index is 14.1. The molecule has 0 unspecified atom stereocenters. The summed E-state index contributed by atoms with van der Waals surface area (Å²) in [5.74, 6) is 0.0426. The van der Waals surface area contributed by atoms with E-state index in [9.17, 15) is 19.5 Å². The van der Waals surface area contributed by atoms with Crippen LogP contribution in [0.5, 0.6) is 0 Å². The Labute approximate surface area is 216 Å². The Kier molecular flexibility index (Phi) is 3.78. The van der Waals surface area contributed by atoms with Gasteiger partial charge in [0.15, 0.2) is 5.78 Å². The zero-order valence-corrected chi connectivity index (χ0v) is 22.1. The lowest BCUT2D eigenvalue weighted by molar-refractivity contribution is -0.175. The minimum atomic E-state index is -1.22. The van der Waals surface area contributed by atoms with Crippen LogP contribution in [0.2, 0.25) is 0 Å². The molecule has 1 N–H and O–H groups in total. The number of fused-ring (bicyclic) bond motifs is 7. The first-order valence-corrected chi connectivity index (χ1v) is 13.8. The first kappa shape index (κ1) is 22.5.